The largest absolute Gasteiger partial charge is 0.507 e. The quantitative estimate of drug-likeness (QED) is 0.257. The molecule has 30 heavy (non-hydrogen) atoms. The smallest absolute Gasteiger partial charge is 0.339 e. The predicted octanol–water partition coefficient (Wildman–Crippen LogP) is 5.42. The summed E-state index contributed by atoms with van der Waals surface area (Å²) in [7, 11) is 0. The molecule has 0 saturated carbocycles. The maximum Gasteiger partial charge on any atom is 0.339 e. The van der Waals surface area contributed by atoms with Crippen LogP contribution in [0.5, 0.6) is 23.0 Å². The number of hydrogen-bond donors (Lipinski definition) is 4. The number of benzene rings is 2. The highest BCUT2D eigenvalue weighted by Gasteiger charge is 2.17. The van der Waals surface area contributed by atoms with Crippen molar-refractivity contribution in [1.82, 2.24) is 0 Å². The molecule has 4 N–H and O–H groups in total. The number of carboxylic acids is 1. The van der Waals surface area contributed by atoms with Crippen molar-refractivity contribution in [3.63, 3.8) is 0 Å². The average Bonchev–Trinajstić information content (AvgIpc) is 2.71. The molecule has 0 atom stereocenters. The number of ether oxygens (including phenoxy) is 1. The Labute approximate surface area is 177 Å². The molecule has 2 aromatic rings. The lowest BCUT2D eigenvalue weighted by Gasteiger charge is -2.14. The molecule has 0 aliphatic carbocycles. The Bertz CT molecular complexity index is 831. The molecule has 0 bridgehead atoms. The van der Waals surface area contributed by atoms with Crippen molar-refractivity contribution in [3.8, 4) is 23.0 Å². The summed E-state index contributed by atoms with van der Waals surface area (Å²) in [4.78, 5) is 11.2. The van der Waals surface area contributed by atoms with Gasteiger partial charge in [0.2, 0.25) is 0 Å². The van der Waals surface area contributed by atoms with E-state index in [1.54, 1.807) is 12.1 Å². The Balaban J connectivity index is 1.66. The summed E-state index contributed by atoms with van der Waals surface area (Å²) < 4.78 is 5.81. The lowest BCUT2D eigenvalue weighted by atomic mass is 10.0. The van der Waals surface area contributed by atoms with Crippen molar-refractivity contribution >= 4 is 5.97 Å². The van der Waals surface area contributed by atoms with Gasteiger partial charge >= 0.3 is 5.97 Å². The molecule has 2 aromatic carbocycles. The van der Waals surface area contributed by atoms with Gasteiger partial charge in [-0.25, -0.2) is 4.79 Å². The van der Waals surface area contributed by atoms with E-state index in [9.17, 15) is 20.1 Å². The molecule has 0 aliphatic heterocycles. The van der Waals surface area contributed by atoms with Crippen molar-refractivity contribution < 1.29 is 30.0 Å². The van der Waals surface area contributed by atoms with Gasteiger partial charge in [-0.2, -0.15) is 0 Å². The molecule has 0 saturated heterocycles. The number of unbranched alkanes of at least 4 members (excludes halogenated alkanes) is 5. The Hall–Kier alpha value is -2.89. The van der Waals surface area contributed by atoms with Crippen LogP contribution in [0.25, 0.3) is 0 Å². The molecule has 0 amide bonds. The summed E-state index contributed by atoms with van der Waals surface area (Å²) in [6.45, 7) is 2.50. The molecule has 6 heteroatoms. The van der Waals surface area contributed by atoms with Crippen molar-refractivity contribution in [1.29, 1.82) is 0 Å². The summed E-state index contributed by atoms with van der Waals surface area (Å²) in [5.41, 5.74) is 1.25. The normalized spacial score (nSPS) is 10.8. The maximum absolute atomic E-state index is 11.2. The number of para-hydroxylation sites is 1. The molecule has 0 heterocycles. The number of aryl methyl sites for hydroxylation is 1. The first kappa shape index (κ1) is 23.4. The average molecular weight is 417 g/mol. The maximum atomic E-state index is 11.2. The number of aromatic hydroxyl groups is 3. The number of hydrogen-bond acceptors (Lipinski definition) is 5. The van der Waals surface area contributed by atoms with Crippen LogP contribution in [-0.2, 0) is 12.8 Å². The Morgan fingerprint density at radius 3 is 2.27 bits per heavy atom. The molecular weight excluding hydrogens is 384 g/mol. The van der Waals surface area contributed by atoms with Crippen molar-refractivity contribution in [2.75, 3.05) is 6.61 Å². The van der Waals surface area contributed by atoms with Crippen LogP contribution in [0.2, 0.25) is 0 Å². The fourth-order valence-corrected chi connectivity index (χ4v) is 3.50. The molecule has 2 rings (SSSR count). The number of carboxylic acid groups (broad SMARTS) is 1. The monoisotopic (exact) mass is 416 g/mol. The van der Waals surface area contributed by atoms with E-state index in [1.807, 2.05) is 13.0 Å². The van der Waals surface area contributed by atoms with Gasteiger partial charge in [0.1, 0.15) is 17.1 Å². The molecule has 0 aromatic heterocycles. The molecule has 0 spiro atoms. The summed E-state index contributed by atoms with van der Waals surface area (Å²) in [5.74, 6) is -0.861. The third kappa shape index (κ3) is 6.58. The van der Waals surface area contributed by atoms with E-state index in [2.05, 4.69) is 0 Å². The zero-order valence-electron chi connectivity index (χ0n) is 17.6. The molecule has 6 nitrogen and oxygen atoms in total. The van der Waals surface area contributed by atoms with Gasteiger partial charge < -0.3 is 25.2 Å². The second-order valence-corrected chi connectivity index (χ2v) is 7.50. The number of phenols is 3. The highest BCUT2D eigenvalue weighted by atomic mass is 16.5. The van der Waals surface area contributed by atoms with Crippen LogP contribution in [-0.4, -0.2) is 33.0 Å². The summed E-state index contributed by atoms with van der Waals surface area (Å²) in [6.07, 6.45) is 8.21. The molecular formula is C24H32O6. The van der Waals surface area contributed by atoms with E-state index in [1.165, 1.54) is 12.1 Å². The van der Waals surface area contributed by atoms with Gasteiger partial charge in [-0.1, -0.05) is 51.2 Å². The summed E-state index contributed by atoms with van der Waals surface area (Å²) in [6, 6.07) is 8.07. The third-order valence-corrected chi connectivity index (χ3v) is 5.17. The van der Waals surface area contributed by atoms with Crippen LogP contribution < -0.4 is 4.74 Å². The van der Waals surface area contributed by atoms with Crippen LogP contribution in [0.3, 0.4) is 0 Å². The van der Waals surface area contributed by atoms with Crippen LogP contribution in [0, 0.1) is 0 Å². The van der Waals surface area contributed by atoms with Gasteiger partial charge in [0.15, 0.2) is 11.5 Å². The second-order valence-electron chi connectivity index (χ2n) is 7.50. The Morgan fingerprint density at radius 1 is 0.867 bits per heavy atom. The fraction of sp³-hybridized carbons (Fsp3) is 0.458. The number of carbonyl (C=O) groups is 1. The van der Waals surface area contributed by atoms with E-state index < -0.39 is 5.97 Å². The minimum atomic E-state index is -1.14. The first-order chi connectivity index (χ1) is 14.5. The van der Waals surface area contributed by atoms with Crippen molar-refractivity contribution in [2.45, 2.75) is 64.7 Å². The fourth-order valence-electron chi connectivity index (χ4n) is 3.50. The van der Waals surface area contributed by atoms with Crippen LogP contribution in [0.1, 0.15) is 73.4 Å². The summed E-state index contributed by atoms with van der Waals surface area (Å²) >= 11 is 0. The van der Waals surface area contributed by atoms with Gasteiger partial charge in [0.05, 0.1) is 6.61 Å². The topological polar surface area (TPSA) is 107 Å². The van der Waals surface area contributed by atoms with E-state index in [0.717, 1.165) is 56.9 Å². The number of rotatable bonds is 13. The van der Waals surface area contributed by atoms with Gasteiger partial charge in [-0.3, -0.25) is 0 Å². The van der Waals surface area contributed by atoms with Crippen molar-refractivity contribution in [2.24, 2.45) is 0 Å². The number of phenolic OH excluding ortho intramolecular Hbond substituents is 2. The van der Waals surface area contributed by atoms with Crippen LogP contribution in [0.15, 0.2) is 30.3 Å². The highest BCUT2D eigenvalue weighted by molar-refractivity contribution is 5.91. The minimum Gasteiger partial charge on any atom is -0.507 e. The van der Waals surface area contributed by atoms with Gasteiger partial charge in [-0.15, -0.1) is 0 Å². The zero-order valence-corrected chi connectivity index (χ0v) is 17.6. The first-order valence-corrected chi connectivity index (χ1v) is 10.7. The van der Waals surface area contributed by atoms with Gasteiger partial charge in [0, 0.05) is 5.56 Å². The molecule has 0 fully saturated rings. The van der Waals surface area contributed by atoms with Crippen molar-refractivity contribution in [3.05, 3.63) is 47.0 Å². The van der Waals surface area contributed by atoms with Gasteiger partial charge in [-0.05, 0) is 49.4 Å². The molecule has 164 valence electrons. The van der Waals surface area contributed by atoms with Crippen LogP contribution >= 0.6 is 0 Å². The van der Waals surface area contributed by atoms with E-state index in [4.69, 9.17) is 9.84 Å². The highest BCUT2D eigenvalue weighted by Crippen LogP contribution is 2.33. The van der Waals surface area contributed by atoms with Crippen LogP contribution in [0.4, 0.5) is 0 Å². The summed E-state index contributed by atoms with van der Waals surface area (Å²) in [5, 5.41) is 38.7. The standard InChI is InChI=1S/C24H32O6/c1-2-10-18-21(15-14-19(23(18)27)24(28)29)30-16-8-6-4-3-5-7-11-17-12-9-13-20(25)22(17)26/h9,12-15,25-27H,2-8,10-11,16H2,1H3,(H,28,29). The third-order valence-electron chi connectivity index (χ3n) is 5.17. The molecule has 0 radical (unpaired) electrons. The lowest BCUT2D eigenvalue weighted by molar-refractivity contribution is 0.0693. The lowest BCUT2D eigenvalue weighted by Crippen LogP contribution is -2.04. The first-order valence-electron chi connectivity index (χ1n) is 10.7. The molecule has 0 unspecified atom stereocenters. The Kier molecular flexibility index (Phi) is 9.32. The predicted molar refractivity (Wildman–Crippen MR) is 116 cm³/mol. The SMILES string of the molecule is CCCc1c(OCCCCCCCCc2cccc(O)c2O)ccc(C(=O)O)c1O. The van der Waals surface area contributed by atoms with E-state index >= 15 is 0 Å². The zero-order chi connectivity index (χ0) is 21.9. The van der Waals surface area contributed by atoms with E-state index in [0.29, 0.717) is 24.3 Å². The minimum absolute atomic E-state index is 0.0143. The van der Waals surface area contributed by atoms with Gasteiger partial charge in [0.25, 0.3) is 0 Å². The number of aromatic carboxylic acids is 1. The molecule has 0 aliphatic rings. The second kappa shape index (κ2) is 12.0. The Morgan fingerprint density at radius 2 is 1.57 bits per heavy atom. The van der Waals surface area contributed by atoms with E-state index in [-0.39, 0.29) is 22.8 Å².